The van der Waals surface area contributed by atoms with Gasteiger partial charge in [-0.05, 0) is 62.3 Å². The molecule has 5 rings (SSSR count). The van der Waals surface area contributed by atoms with Gasteiger partial charge < -0.3 is 10.2 Å². The molecule has 1 saturated carbocycles. The molecular weight excluding hydrogens is 452 g/mol. The molecule has 0 spiro atoms. The SMILES string of the molecule is CC(C)[C@H](C)n1c(=O)ccc2cnc(N[C@@H](C)c3ccc(C4=CCN(C(=O)C5CC5)CC4)cn3)nc21. The minimum atomic E-state index is -0.116. The molecular formula is C28H34N6O2. The Morgan fingerprint density at radius 2 is 1.86 bits per heavy atom. The Labute approximate surface area is 211 Å². The lowest BCUT2D eigenvalue weighted by Crippen LogP contribution is -2.35. The van der Waals surface area contributed by atoms with E-state index in [2.05, 4.69) is 36.3 Å². The van der Waals surface area contributed by atoms with Gasteiger partial charge in [-0.1, -0.05) is 26.0 Å². The number of fused-ring (bicyclic) bond motifs is 1. The summed E-state index contributed by atoms with van der Waals surface area (Å²) in [7, 11) is 0. The molecule has 188 valence electrons. The van der Waals surface area contributed by atoms with E-state index in [4.69, 9.17) is 9.97 Å². The highest BCUT2D eigenvalue weighted by atomic mass is 16.2. The predicted molar refractivity (Wildman–Crippen MR) is 142 cm³/mol. The largest absolute Gasteiger partial charge is 0.346 e. The maximum atomic E-state index is 12.6. The molecule has 2 atom stereocenters. The van der Waals surface area contributed by atoms with Crippen LogP contribution in [0, 0.1) is 11.8 Å². The first-order valence-corrected chi connectivity index (χ1v) is 12.9. The molecule has 0 saturated heterocycles. The topological polar surface area (TPSA) is 93.0 Å². The number of hydrogen-bond donors (Lipinski definition) is 1. The monoisotopic (exact) mass is 486 g/mol. The van der Waals surface area contributed by atoms with Gasteiger partial charge >= 0.3 is 0 Å². The Bertz CT molecular complexity index is 1360. The summed E-state index contributed by atoms with van der Waals surface area (Å²) in [5, 5.41) is 4.17. The Morgan fingerprint density at radius 3 is 2.50 bits per heavy atom. The van der Waals surface area contributed by atoms with E-state index in [1.807, 2.05) is 31.0 Å². The van der Waals surface area contributed by atoms with E-state index in [9.17, 15) is 9.59 Å². The lowest BCUT2D eigenvalue weighted by atomic mass is 10.00. The number of carbonyl (C=O) groups is 1. The highest BCUT2D eigenvalue weighted by Crippen LogP contribution is 2.32. The molecule has 8 nitrogen and oxygen atoms in total. The van der Waals surface area contributed by atoms with Gasteiger partial charge in [0.05, 0.1) is 11.7 Å². The second-order valence-electron chi connectivity index (χ2n) is 10.4. The summed E-state index contributed by atoms with van der Waals surface area (Å²) >= 11 is 0. The molecule has 1 amide bonds. The lowest BCUT2D eigenvalue weighted by Gasteiger charge is -2.26. The number of aromatic nitrogens is 4. The van der Waals surface area contributed by atoms with Crippen molar-refractivity contribution in [2.45, 2.75) is 59.0 Å². The first-order valence-electron chi connectivity index (χ1n) is 12.9. The number of anilines is 1. The van der Waals surface area contributed by atoms with Crippen molar-refractivity contribution < 1.29 is 4.79 Å². The van der Waals surface area contributed by atoms with Crippen molar-refractivity contribution >= 4 is 28.5 Å². The minimum Gasteiger partial charge on any atom is -0.346 e. The van der Waals surface area contributed by atoms with Gasteiger partial charge in [-0.15, -0.1) is 0 Å². The molecule has 1 aliphatic carbocycles. The molecule has 0 unspecified atom stereocenters. The van der Waals surface area contributed by atoms with Gasteiger partial charge in [0.25, 0.3) is 5.56 Å². The van der Waals surface area contributed by atoms with E-state index >= 15 is 0 Å². The molecule has 0 radical (unpaired) electrons. The molecule has 2 aliphatic rings. The first-order chi connectivity index (χ1) is 17.3. The van der Waals surface area contributed by atoms with Crippen LogP contribution in [0.5, 0.6) is 0 Å². The second-order valence-corrected chi connectivity index (χ2v) is 10.4. The first kappa shape index (κ1) is 24.2. The van der Waals surface area contributed by atoms with Crippen LogP contribution in [0.2, 0.25) is 0 Å². The third-order valence-corrected chi connectivity index (χ3v) is 7.43. The van der Waals surface area contributed by atoms with Crippen LogP contribution >= 0.6 is 0 Å². The third-order valence-electron chi connectivity index (χ3n) is 7.43. The van der Waals surface area contributed by atoms with E-state index in [-0.39, 0.29) is 23.6 Å². The number of amides is 1. The summed E-state index contributed by atoms with van der Waals surface area (Å²) in [4.78, 5) is 40.8. The quantitative estimate of drug-likeness (QED) is 0.525. The number of pyridine rings is 2. The Kier molecular flexibility index (Phi) is 6.60. The van der Waals surface area contributed by atoms with E-state index in [0.29, 0.717) is 30.0 Å². The number of rotatable bonds is 7. The summed E-state index contributed by atoms with van der Waals surface area (Å²) < 4.78 is 1.75. The Hall–Kier alpha value is -3.55. The lowest BCUT2D eigenvalue weighted by molar-refractivity contribution is -0.132. The smallest absolute Gasteiger partial charge is 0.252 e. The zero-order chi connectivity index (χ0) is 25.4. The molecule has 0 aromatic carbocycles. The van der Waals surface area contributed by atoms with Crippen LogP contribution in [0.3, 0.4) is 0 Å². The van der Waals surface area contributed by atoms with Crippen LogP contribution in [0.25, 0.3) is 16.6 Å². The van der Waals surface area contributed by atoms with Crippen molar-refractivity contribution in [3.05, 3.63) is 64.3 Å². The average molecular weight is 487 g/mol. The van der Waals surface area contributed by atoms with E-state index < -0.39 is 0 Å². The van der Waals surface area contributed by atoms with Crippen LogP contribution in [-0.2, 0) is 4.79 Å². The maximum absolute atomic E-state index is 12.6. The van der Waals surface area contributed by atoms with E-state index in [0.717, 1.165) is 42.5 Å². The molecule has 3 aromatic rings. The van der Waals surface area contributed by atoms with Gasteiger partial charge in [-0.25, -0.2) is 4.98 Å². The Balaban J connectivity index is 1.30. The van der Waals surface area contributed by atoms with Crippen LogP contribution in [-0.4, -0.2) is 43.4 Å². The number of hydrogen-bond acceptors (Lipinski definition) is 6. The van der Waals surface area contributed by atoms with Crippen LogP contribution < -0.4 is 10.9 Å². The van der Waals surface area contributed by atoms with Crippen molar-refractivity contribution in [1.29, 1.82) is 0 Å². The van der Waals surface area contributed by atoms with Gasteiger partial charge in [0.1, 0.15) is 5.65 Å². The van der Waals surface area contributed by atoms with Crippen LogP contribution in [0.1, 0.15) is 70.3 Å². The highest BCUT2D eigenvalue weighted by molar-refractivity contribution is 5.82. The predicted octanol–water partition coefficient (Wildman–Crippen LogP) is 4.60. The Morgan fingerprint density at radius 1 is 1.06 bits per heavy atom. The zero-order valence-corrected chi connectivity index (χ0v) is 21.4. The molecule has 8 heteroatoms. The fourth-order valence-corrected chi connectivity index (χ4v) is 4.64. The fraction of sp³-hybridized carbons (Fsp3) is 0.464. The molecule has 4 heterocycles. The number of carbonyl (C=O) groups excluding carboxylic acids is 1. The summed E-state index contributed by atoms with van der Waals surface area (Å²) in [5.41, 5.74) is 3.79. The minimum absolute atomic E-state index is 0.0172. The van der Waals surface area contributed by atoms with Crippen molar-refractivity contribution in [1.82, 2.24) is 24.4 Å². The number of nitrogens with zero attached hydrogens (tertiary/aromatic N) is 5. The summed E-state index contributed by atoms with van der Waals surface area (Å²) in [6.45, 7) is 9.72. The van der Waals surface area contributed by atoms with E-state index in [1.165, 1.54) is 5.57 Å². The van der Waals surface area contributed by atoms with Crippen LogP contribution in [0.15, 0.2) is 47.5 Å². The van der Waals surface area contributed by atoms with Gasteiger partial charge in [-0.2, -0.15) is 4.98 Å². The average Bonchev–Trinajstić information content (AvgIpc) is 3.74. The summed E-state index contributed by atoms with van der Waals surface area (Å²) in [6, 6.07) is 7.37. The zero-order valence-electron chi connectivity index (χ0n) is 21.4. The molecule has 36 heavy (non-hydrogen) atoms. The van der Waals surface area contributed by atoms with Crippen molar-refractivity contribution in [2.75, 3.05) is 18.4 Å². The van der Waals surface area contributed by atoms with Gasteiger partial charge in [0.2, 0.25) is 11.9 Å². The van der Waals surface area contributed by atoms with E-state index in [1.54, 1.807) is 22.9 Å². The van der Waals surface area contributed by atoms with Crippen molar-refractivity contribution in [3.63, 3.8) is 0 Å². The van der Waals surface area contributed by atoms with Gasteiger partial charge in [-0.3, -0.25) is 19.1 Å². The second kappa shape index (κ2) is 9.84. The van der Waals surface area contributed by atoms with Gasteiger partial charge in [0.15, 0.2) is 0 Å². The fourth-order valence-electron chi connectivity index (χ4n) is 4.64. The molecule has 3 aromatic heterocycles. The summed E-state index contributed by atoms with van der Waals surface area (Å²) in [6.07, 6.45) is 8.76. The standard InChI is InChI=1S/C28H34N6O2/c1-17(2)19(4)34-25(35)10-8-23-16-30-28(32-26(23)34)31-18(3)24-9-7-22(15-29-24)20-11-13-33(14-12-20)27(36)21-5-6-21/h7-11,15-19,21H,5-6,12-14H2,1-4H3,(H,30,31,32)/t18-,19-/m0/s1. The molecule has 1 aliphatic heterocycles. The normalized spacial score (nSPS) is 17.7. The van der Waals surface area contributed by atoms with Crippen molar-refractivity contribution in [3.8, 4) is 0 Å². The van der Waals surface area contributed by atoms with Gasteiger partial charge in [0, 0.05) is 48.9 Å². The molecule has 0 bridgehead atoms. The summed E-state index contributed by atoms with van der Waals surface area (Å²) in [5.74, 6) is 1.34. The maximum Gasteiger partial charge on any atom is 0.252 e. The van der Waals surface area contributed by atoms with Crippen LogP contribution in [0.4, 0.5) is 5.95 Å². The van der Waals surface area contributed by atoms with Crippen molar-refractivity contribution in [2.24, 2.45) is 11.8 Å². The number of nitrogens with one attached hydrogen (secondary N) is 1. The molecule has 1 N–H and O–H groups in total. The highest BCUT2D eigenvalue weighted by Gasteiger charge is 2.33. The third kappa shape index (κ3) is 4.90. The molecule has 1 fully saturated rings.